The number of aryl methyl sites for hydroxylation is 1. The zero-order chi connectivity index (χ0) is 11.8. The van der Waals surface area contributed by atoms with Crippen molar-refractivity contribution < 1.29 is 4.52 Å². The van der Waals surface area contributed by atoms with Crippen LogP contribution in [-0.2, 0) is 5.54 Å². The summed E-state index contributed by atoms with van der Waals surface area (Å²) >= 11 is 0. The van der Waals surface area contributed by atoms with Crippen LogP contribution in [0.1, 0.15) is 25.4 Å². The van der Waals surface area contributed by atoms with E-state index in [9.17, 15) is 0 Å². The van der Waals surface area contributed by atoms with Gasteiger partial charge in [-0.3, -0.25) is 4.98 Å². The number of pyridine rings is 1. The van der Waals surface area contributed by atoms with E-state index in [-0.39, 0.29) is 0 Å². The number of nitrogens with zero attached hydrogens (tertiary/aromatic N) is 3. The Morgan fingerprint density at radius 2 is 2.06 bits per heavy atom. The van der Waals surface area contributed by atoms with Crippen LogP contribution in [0.4, 0.5) is 0 Å². The maximum Gasteiger partial charge on any atom is 0.259 e. The van der Waals surface area contributed by atoms with Crippen molar-refractivity contribution in [3.05, 3.63) is 29.8 Å². The molecular weight excluding hydrogens is 204 g/mol. The molecule has 5 heteroatoms. The monoisotopic (exact) mass is 218 g/mol. The van der Waals surface area contributed by atoms with Gasteiger partial charge in [0.1, 0.15) is 0 Å². The lowest BCUT2D eigenvalue weighted by Gasteiger charge is -2.11. The lowest BCUT2D eigenvalue weighted by Crippen LogP contribution is -2.30. The van der Waals surface area contributed by atoms with Gasteiger partial charge < -0.3 is 10.3 Å². The van der Waals surface area contributed by atoms with Crippen LogP contribution in [0.25, 0.3) is 11.5 Å². The van der Waals surface area contributed by atoms with Gasteiger partial charge in [-0.25, -0.2) is 0 Å². The molecule has 0 aliphatic carbocycles. The van der Waals surface area contributed by atoms with Gasteiger partial charge in [0.2, 0.25) is 0 Å². The molecule has 5 nitrogen and oxygen atoms in total. The fraction of sp³-hybridized carbons (Fsp3) is 0.364. The van der Waals surface area contributed by atoms with Crippen LogP contribution in [-0.4, -0.2) is 15.1 Å². The summed E-state index contributed by atoms with van der Waals surface area (Å²) in [5.41, 5.74) is 7.02. The maximum atomic E-state index is 5.87. The molecule has 0 unspecified atom stereocenters. The third-order valence-corrected chi connectivity index (χ3v) is 2.16. The lowest BCUT2D eigenvalue weighted by atomic mass is 10.1. The molecule has 0 atom stereocenters. The third kappa shape index (κ3) is 2.09. The molecule has 0 aliphatic rings. The predicted molar refractivity (Wildman–Crippen MR) is 59.5 cm³/mol. The lowest BCUT2D eigenvalue weighted by molar-refractivity contribution is 0.397. The van der Waals surface area contributed by atoms with Gasteiger partial charge in [-0.2, -0.15) is 4.98 Å². The van der Waals surface area contributed by atoms with Crippen LogP contribution < -0.4 is 5.73 Å². The smallest absolute Gasteiger partial charge is 0.259 e. The van der Waals surface area contributed by atoms with E-state index in [1.165, 1.54) is 0 Å². The van der Waals surface area contributed by atoms with Gasteiger partial charge in [-0.15, -0.1) is 0 Å². The summed E-state index contributed by atoms with van der Waals surface area (Å²) in [6.45, 7) is 5.58. The minimum Gasteiger partial charge on any atom is -0.334 e. The summed E-state index contributed by atoms with van der Waals surface area (Å²) in [6, 6.07) is 3.79. The van der Waals surface area contributed by atoms with Gasteiger partial charge in [0.25, 0.3) is 5.89 Å². The molecule has 0 radical (unpaired) electrons. The van der Waals surface area contributed by atoms with Crippen molar-refractivity contribution in [3.8, 4) is 11.5 Å². The Kier molecular flexibility index (Phi) is 2.47. The summed E-state index contributed by atoms with van der Waals surface area (Å²) in [7, 11) is 0. The molecule has 0 fully saturated rings. The zero-order valence-electron chi connectivity index (χ0n) is 9.56. The number of rotatable bonds is 2. The summed E-state index contributed by atoms with van der Waals surface area (Å²) in [5.74, 6) is 0.934. The van der Waals surface area contributed by atoms with Gasteiger partial charge in [-0.05, 0) is 32.9 Å². The first-order valence-electron chi connectivity index (χ1n) is 5.03. The minimum atomic E-state index is -0.597. The molecular formula is C11H14N4O. The second-order valence-electron chi connectivity index (χ2n) is 4.33. The second kappa shape index (κ2) is 3.68. The molecule has 0 bridgehead atoms. The first-order valence-corrected chi connectivity index (χ1v) is 5.03. The highest BCUT2D eigenvalue weighted by molar-refractivity contribution is 5.51. The van der Waals surface area contributed by atoms with Crippen molar-refractivity contribution in [2.45, 2.75) is 26.3 Å². The minimum absolute atomic E-state index is 0.445. The van der Waals surface area contributed by atoms with Crippen molar-refractivity contribution in [2.75, 3.05) is 0 Å². The van der Waals surface area contributed by atoms with E-state index < -0.39 is 5.54 Å². The maximum absolute atomic E-state index is 5.87. The summed E-state index contributed by atoms with van der Waals surface area (Å²) < 4.78 is 5.14. The van der Waals surface area contributed by atoms with Gasteiger partial charge in [0, 0.05) is 11.9 Å². The van der Waals surface area contributed by atoms with E-state index >= 15 is 0 Å². The Hall–Kier alpha value is -1.75. The van der Waals surface area contributed by atoms with E-state index in [2.05, 4.69) is 15.1 Å². The fourth-order valence-electron chi connectivity index (χ4n) is 1.20. The molecule has 2 aromatic rings. The largest absolute Gasteiger partial charge is 0.334 e. The van der Waals surface area contributed by atoms with Crippen molar-refractivity contribution in [3.63, 3.8) is 0 Å². The Morgan fingerprint density at radius 3 is 2.56 bits per heavy atom. The highest BCUT2D eigenvalue weighted by Crippen LogP contribution is 2.20. The van der Waals surface area contributed by atoms with Gasteiger partial charge in [-0.1, -0.05) is 5.16 Å². The van der Waals surface area contributed by atoms with Gasteiger partial charge in [0.15, 0.2) is 5.82 Å². The van der Waals surface area contributed by atoms with Gasteiger partial charge >= 0.3 is 0 Å². The average Bonchev–Trinajstić information content (AvgIpc) is 2.67. The molecule has 0 spiro atoms. The summed E-state index contributed by atoms with van der Waals surface area (Å²) in [5, 5.41) is 3.85. The zero-order valence-corrected chi connectivity index (χ0v) is 9.56. The van der Waals surface area contributed by atoms with Crippen LogP contribution in [0, 0.1) is 6.92 Å². The van der Waals surface area contributed by atoms with Crippen molar-refractivity contribution in [1.82, 2.24) is 15.1 Å². The predicted octanol–water partition coefficient (Wildman–Crippen LogP) is 1.63. The van der Waals surface area contributed by atoms with E-state index in [0.29, 0.717) is 11.7 Å². The number of nitrogens with two attached hydrogens (primary N) is 1. The van der Waals surface area contributed by atoms with Crippen molar-refractivity contribution in [1.29, 1.82) is 0 Å². The molecule has 0 saturated heterocycles. The van der Waals surface area contributed by atoms with Crippen molar-refractivity contribution in [2.24, 2.45) is 5.73 Å². The molecule has 16 heavy (non-hydrogen) atoms. The van der Waals surface area contributed by atoms with Gasteiger partial charge in [0.05, 0.1) is 11.1 Å². The molecule has 0 saturated carbocycles. The summed E-state index contributed by atoms with van der Waals surface area (Å²) in [4.78, 5) is 8.41. The highest BCUT2D eigenvalue weighted by atomic mass is 16.5. The molecule has 0 amide bonds. The highest BCUT2D eigenvalue weighted by Gasteiger charge is 2.21. The molecule has 0 aromatic carbocycles. The average molecular weight is 218 g/mol. The topological polar surface area (TPSA) is 77.8 Å². The third-order valence-electron chi connectivity index (χ3n) is 2.16. The molecule has 2 aromatic heterocycles. The van der Waals surface area contributed by atoms with Crippen LogP contribution in [0.15, 0.2) is 22.9 Å². The van der Waals surface area contributed by atoms with Crippen LogP contribution >= 0.6 is 0 Å². The quantitative estimate of drug-likeness (QED) is 0.828. The van der Waals surface area contributed by atoms with Crippen LogP contribution in [0.2, 0.25) is 0 Å². The standard InChI is InChI=1S/C11H14N4O/c1-7-4-5-8(6-13-7)9-14-10(15-16-9)11(2,3)12/h4-6H,12H2,1-3H3. The molecule has 2 heterocycles. The molecule has 0 aliphatic heterocycles. The Morgan fingerprint density at radius 1 is 1.31 bits per heavy atom. The SMILES string of the molecule is Cc1ccc(-c2nc(C(C)(C)N)no2)cn1. The number of hydrogen-bond donors (Lipinski definition) is 1. The van der Waals surface area contributed by atoms with E-state index in [1.54, 1.807) is 6.20 Å². The number of aromatic nitrogens is 3. The summed E-state index contributed by atoms with van der Waals surface area (Å²) in [6.07, 6.45) is 1.70. The first-order chi connectivity index (χ1) is 7.47. The Labute approximate surface area is 93.7 Å². The molecule has 2 N–H and O–H groups in total. The number of hydrogen-bond acceptors (Lipinski definition) is 5. The Balaban J connectivity index is 2.35. The van der Waals surface area contributed by atoms with E-state index in [1.807, 2.05) is 32.9 Å². The fourth-order valence-corrected chi connectivity index (χ4v) is 1.20. The van der Waals surface area contributed by atoms with Crippen LogP contribution in [0.5, 0.6) is 0 Å². The van der Waals surface area contributed by atoms with E-state index in [0.717, 1.165) is 11.3 Å². The van der Waals surface area contributed by atoms with E-state index in [4.69, 9.17) is 10.3 Å². The second-order valence-corrected chi connectivity index (χ2v) is 4.33. The molecule has 2 rings (SSSR count). The first kappa shape index (κ1) is 10.8. The Bertz CT molecular complexity index is 481. The van der Waals surface area contributed by atoms with Crippen LogP contribution in [0.3, 0.4) is 0 Å². The normalized spacial score (nSPS) is 11.8. The molecule has 84 valence electrons. The van der Waals surface area contributed by atoms with Crippen molar-refractivity contribution >= 4 is 0 Å².